The van der Waals surface area contributed by atoms with Gasteiger partial charge in [-0.05, 0) is 96.4 Å². The predicted octanol–water partition coefficient (Wildman–Crippen LogP) is 13.4. The van der Waals surface area contributed by atoms with Gasteiger partial charge in [-0.3, -0.25) is 0 Å². The third kappa shape index (κ3) is 5.05. The Hall–Kier alpha value is -5.92. The minimum Gasteiger partial charge on any atom is -0.310 e. The maximum atomic E-state index is 2.40. The van der Waals surface area contributed by atoms with E-state index in [1.54, 1.807) is 0 Å². The average Bonchev–Trinajstić information content (AvgIpc) is 3.17. The fraction of sp³-hybridized carbons (Fsp3) is 0.0638. The summed E-state index contributed by atoms with van der Waals surface area (Å²) in [7, 11) is 0. The SMILES string of the molecule is CC.c1ccc(-c2c3ccccc3c(-c3ccc(-c4ccc5c(c4)Cc4ccccc4N5c4ccccc4)cc3)c3ccccc23)cc1. The Kier molecular flexibility index (Phi) is 7.80. The zero-order valence-corrected chi connectivity index (χ0v) is 27.4. The van der Waals surface area contributed by atoms with Gasteiger partial charge in [-0.2, -0.15) is 0 Å². The van der Waals surface area contributed by atoms with Gasteiger partial charge in [0.25, 0.3) is 0 Å². The van der Waals surface area contributed by atoms with E-state index in [2.05, 4.69) is 181 Å². The molecule has 230 valence electrons. The molecular weight excluding hydrogens is 579 g/mol. The summed E-state index contributed by atoms with van der Waals surface area (Å²) < 4.78 is 0. The smallest absolute Gasteiger partial charge is 0.0497 e. The molecule has 8 aromatic carbocycles. The number of para-hydroxylation sites is 2. The molecule has 0 fully saturated rings. The molecule has 1 aliphatic rings. The van der Waals surface area contributed by atoms with E-state index in [9.17, 15) is 0 Å². The summed E-state index contributed by atoms with van der Waals surface area (Å²) in [5.41, 5.74) is 13.9. The summed E-state index contributed by atoms with van der Waals surface area (Å²) in [4.78, 5) is 2.40. The van der Waals surface area contributed by atoms with E-state index in [0.29, 0.717) is 0 Å². The summed E-state index contributed by atoms with van der Waals surface area (Å²) in [6.07, 6.45) is 0.923. The molecule has 48 heavy (non-hydrogen) atoms. The van der Waals surface area contributed by atoms with Gasteiger partial charge in [0, 0.05) is 23.5 Å². The van der Waals surface area contributed by atoms with Gasteiger partial charge in [0.2, 0.25) is 0 Å². The standard InChI is InChI=1S/C45H31N.C2H6/c1-3-13-32(14-4-1)44-38-18-8-10-20-40(38)45(41-21-11-9-19-39(41)44)33-25-23-31(24-26-33)34-27-28-43-36(29-34)30-35-15-7-12-22-42(35)46(43)37-16-5-2-6-17-37;1-2/h1-29H,30H2;1-2H3. The summed E-state index contributed by atoms with van der Waals surface area (Å²) in [5, 5.41) is 5.12. The van der Waals surface area contributed by atoms with E-state index in [-0.39, 0.29) is 0 Å². The van der Waals surface area contributed by atoms with E-state index >= 15 is 0 Å². The van der Waals surface area contributed by atoms with Crippen LogP contribution in [0.3, 0.4) is 0 Å². The first kappa shape index (κ1) is 29.5. The van der Waals surface area contributed by atoms with Crippen LogP contribution in [-0.4, -0.2) is 0 Å². The molecule has 9 rings (SSSR count). The summed E-state index contributed by atoms with van der Waals surface area (Å²) in [6.45, 7) is 4.00. The van der Waals surface area contributed by atoms with Crippen LogP contribution >= 0.6 is 0 Å². The van der Waals surface area contributed by atoms with Crippen LogP contribution in [0.15, 0.2) is 176 Å². The fourth-order valence-corrected chi connectivity index (χ4v) is 7.38. The van der Waals surface area contributed by atoms with Gasteiger partial charge in [0.15, 0.2) is 0 Å². The molecule has 0 atom stereocenters. The van der Waals surface area contributed by atoms with Crippen molar-refractivity contribution < 1.29 is 0 Å². The first-order valence-corrected chi connectivity index (χ1v) is 17.0. The molecule has 0 bridgehead atoms. The normalized spacial score (nSPS) is 11.8. The molecule has 0 unspecified atom stereocenters. The highest BCUT2D eigenvalue weighted by molar-refractivity contribution is 6.21. The molecule has 0 aromatic heterocycles. The number of anilines is 3. The van der Waals surface area contributed by atoms with Crippen LogP contribution in [0.1, 0.15) is 25.0 Å². The van der Waals surface area contributed by atoms with Gasteiger partial charge in [0.05, 0.1) is 0 Å². The molecule has 1 heteroatoms. The minimum atomic E-state index is 0.923. The number of fused-ring (bicyclic) bond motifs is 4. The average molecular weight is 616 g/mol. The van der Waals surface area contributed by atoms with Crippen LogP contribution in [0, 0.1) is 0 Å². The van der Waals surface area contributed by atoms with Gasteiger partial charge in [0.1, 0.15) is 0 Å². The second kappa shape index (κ2) is 12.7. The van der Waals surface area contributed by atoms with Crippen molar-refractivity contribution in [3.63, 3.8) is 0 Å². The maximum Gasteiger partial charge on any atom is 0.0497 e. The van der Waals surface area contributed by atoms with Crippen LogP contribution in [0.5, 0.6) is 0 Å². The van der Waals surface area contributed by atoms with Crippen molar-refractivity contribution in [2.75, 3.05) is 4.90 Å². The van der Waals surface area contributed by atoms with Crippen molar-refractivity contribution in [1.82, 2.24) is 0 Å². The number of nitrogens with zero attached hydrogens (tertiary/aromatic N) is 1. The third-order valence-corrected chi connectivity index (χ3v) is 9.45. The molecule has 0 aliphatic carbocycles. The summed E-state index contributed by atoms with van der Waals surface area (Å²) in [6, 6.07) is 64.1. The summed E-state index contributed by atoms with van der Waals surface area (Å²) in [5.74, 6) is 0. The lowest BCUT2D eigenvalue weighted by Crippen LogP contribution is -2.18. The number of rotatable bonds is 4. The van der Waals surface area contributed by atoms with Crippen LogP contribution in [0.25, 0.3) is 54.9 Å². The Morgan fingerprint density at radius 2 is 0.792 bits per heavy atom. The Labute approximate surface area is 283 Å². The first-order valence-electron chi connectivity index (χ1n) is 17.0. The number of benzene rings is 8. The Balaban J connectivity index is 0.00000165. The second-order valence-electron chi connectivity index (χ2n) is 12.1. The molecule has 0 radical (unpaired) electrons. The van der Waals surface area contributed by atoms with Crippen molar-refractivity contribution in [3.8, 4) is 33.4 Å². The van der Waals surface area contributed by atoms with Crippen molar-refractivity contribution in [3.05, 3.63) is 187 Å². The van der Waals surface area contributed by atoms with Gasteiger partial charge in [-0.1, -0.05) is 159 Å². The van der Waals surface area contributed by atoms with Crippen molar-refractivity contribution >= 4 is 38.6 Å². The minimum absolute atomic E-state index is 0.923. The highest BCUT2D eigenvalue weighted by Crippen LogP contribution is 2.46. The number of hydrogen-bond acceptors (Lipinski definition) is 1. The highest BCUT2D eigenvalue weighted by atomic mass is 15.2. The number of hydrogen-bond donors (Lipinski definition) is 0. The van der Waals surface area contributed by atoms with E-state index in [4.69, 9.17) is 0 Å². The van der Waals surface area contributed by atoms with Gasteiger partial charge in [-0.15, -0.1) is 0 Å². The Morgan fingerprint density at radius 1 is 0.354 bits per heavy atom. The lowest BCUT2D eigenvalue weighted by atomic mass is 9.85. The molecule has 1 heterocycles. The van der Waals surface area contributed by atoms with Gasteiger partial charge in [-0.25, -0.2) is 0 Å². The molecule has 0 spiro atoms. The van der Waals surface area contributed by atoms with Crippen LogP contribution in [0.2, 0.25) is 0 Å². The van der Waals surface area contributed by atoms with Crippen LogP contribution < -0.4 is 4.90 Å². The second-order valence-corrected chi connectivity index (χ2v) is 12.1. The van der Waals surface area contributed by atoms with E-state index < -0.39 is 0 Å². The quantitative estimate of drug-likeness (QED) is 0.178. The van der Waals surface area contributed by atoms with Crippen molar-refractivity contribution in [2.45, 2.75) is 20.3 Å². The monoisotopic (exact) mass is 615 g/mol. The lowest BCUT2D eigenvalue weighted by molar-refractivity contribution is 1.09. The molecular formula is C47H37N. The zero-order valence-electron chi connectivity index (χ0n) is 27.4. The first-order chi connectivity index (χ1) is 23.8. The van der Waals surface area contributed by atoms with Crippen molar-refractivity contribution in [2.24, 2.45) is 0 Å². The van der Waals surface area contributed by atoms with Crippen LogP contribution in [-0.2, 0) is 6.42 Å². The maximum absolute atomic E-state index is 2.40. The highest BCUT2D eigenvalue weighted by Gasteiger charge is 2.24. The third-order valence-electron chi connectivity index (χ3n) is 9.45. The largest absolute Gasteiger partial charge is 0.310 e. The molecule has 0 amide bonds. The van der Waals surface area contributed by atoms with E-state index in [1.165, 1.54) is 83.1 Å². The predicted molar refractivity (Wildman–Crippen MR) is 207 cm³/mol. The van der Waals surface area contributed by atoms with Gasteiger partial charge < -0.3 is 4.90 Å². The molecule has 1 aliphatic heterocycles. The molecule has 0 N–H and O–H groups in total. The molecule has 8 aromatic rings. The Bertz CT molecular complexity index is 2310. The van der Waals surface area contributed by atoms with Crippen molar-refractivity contribution in [1.29, 1.82) is 0 Å². The zero-order chi connectivity index (χ0) is 32.5. The van der Waals surface area contributed by atoms with E-state index in [1.807, 2.05) is 13.8 Å². The lowest BCUT2D eigenvalue weighted by Gasteiger charge is -2.33. The summed E-state index contributed by atoms with van der Waals surface area (Å²) >= 11 is 0. The van der Waals surface area contributed by atoms with E-state index in [0.717, 1.165) is 6.42 Å². The fourth-order valence-electron chi connectivity index (χ4n) is 7.38. The van der Waals surface area contributed by atoms with Crippen LogP contribution in [0.4, 0.5) is 17.1 Å². The van der Waals surface area contributed by atoms with Gasteiger partial charge >= 0.3 is 0 Å². The Morgan fingerprint density at radius 3 is 1.40 bits per heavy atom. The topological polar surface area (TPSA) is 3.24 Å². The molecule has 1 nitrogen and oxygen atoms in total. The molecule has 0 saturated heterocycles. The molecule has 0 saturated carbocycles.